The van der Waals surface area contributed by atoms with Crippen molar-refractivity contribution in [3.63, 3.8) is 0 Å². The third-order valence-electron chi connectivity index (χ3n) is 2.83. The maximum Gasteiger partial charge on any atom is 0.270 e. The quantitative estimate of drug-likeness (QED) is 0.804. The Hall–Kier alpha value is -2.47. The molecule has 1 N–H and O–H groups in total. The SMILES string of the molecule is Cc1cccc(C(=O)NCc2coc(-c3cccs3)n2)n1. The Kier molecular flexibility index (Phi) is 3.79. The second-order valence-corrected chi connectivity index (χ2v) is 5.42. The van der Waals surface area contributed by atoms with Gasteiger partial charge in [-0.2, -0.15) is 0 Å². The van der Waals surface area contributed by atoms with E-state index in [1.165, 1.54) is 0 Å². The molecule has 0 aromatic carbocycles. The molecule has 1 amide bonds. The zero-order chi connectivity index (χ0) is 14.7. The highest BCUT2D eigenvalue weighted by Gasteiger charge is 2.10. The molecule has 6 heteroatoms. The number of hydrogen-bond donors (Lipinski definition) is 1. The van der Waals surface area contributed by atoms with Crippen LogP contribution in [0.25, 0.3) is 10.8 Å². The summed E-state index contributed by atoms with van der Waals surface area (Å²) in [7, 11) is 0. The largest absolute Gasteiger partial charge is 0.443 e. The summed E-state index contributed by atoms with van der Waals surface area (Å²) in [4.78, 5) is 21.5. The lowest BCUT2D eigenvalue weighted by Crippen LogP contribution is -2.24. The first kappa shape index (κ1) is 13.5. The number of rotatable bonds is 4. The molecule has 21 heavy (non-hydrogen) atoms. The maximum absolute atomic E-state index is 12.0. The maximum atomic E-state index is 12.0. The van der Waals surface area contributed by atoms with Gasteiger partial charge in [-0.25, -0.2) is 9.97 Å². The van der Waals surface area contributed by atoms with Crippen molar-refractivity contribution >= 4 is 17.2 Å². The first-order chi connectivity index (χ1) is 10.2. The van der Waals surface area contributed by atoms with E-state index in [-0.39, 0.29) is 5.91 Å². The lowest BCUT2D eigenvalue weighted by molar-refractivity contribution is 0.0945. The molecule has 0 spiro atoms. The predicted molar refractivity (Wildman–Crippen MR) is 80.0 cm³/mol. The average Bonchev–Trinajstić information content (AvgIpc) is 3.15. The molecule has 0 unspecified atom stereocenters. The van der Waals surface area contributed by atoms with Gasteiger partial charge in [0.1, 0.15) is 12.0 Å². The van der Waals surface area contributed by atoms with Gasteiger partial charge in [0, 0.05) is 5.69 Å². The van der Waals surface area contributed by atoms with Crippen molar-refractivity contribution in [1.29, 1.82) is 0 Å². The Labute approximate surface area is 125 Å². The fourth-order valence-corrected chi connectivity index (χ4v) is 2.49. The van der Waals surface area contributed by atoms with Gasteiger partial charge < -0.3 is 9.73 Å². The standard InChI is InChI=1S/C15H13N3O2S/c1-10-4-2-5-12(17-10)14(19)16-8-11-9-20-15(18-11)13-6-3-7-21-13/h2-7,9H,8H2,1H3,(H,16,19). The fourth-order valence-electron chi connectivity index (χ4n) is 1.83. The van der Waals surface area contributed by atoms with Gasteiger partial charge in [-0.1, -0.05) is 12.1 Å². The number of nitrogens with one attached hydrogen (secondary N) is 1. The lowest BCUT2D eigenvalue weighted by atomic mass is 10.3. The van der Waals surface area contributed by atoms with Crippen LogP contribution in [-0.2, 0) is 6.54 Å². The Morgan fingerprint density at radius 1 is 1.29 bits per heavy atom. The summed E-state index contributed by atoms with van der Waals surface area (Å²) in [6.07, 6.45) is 1.55. The van der Waals surface area contributed by atoms with E-state index in [1.807, 2.05) is 36.6 Å². The Morgan fingerprint density at radius 3 is 2.95 bits per heavy atom. The van der Waals surface area contributed by atoms with Crippen LogP contribution >= 0.6 is 11.3 Å². The van der Waals surface area contributed by atoms with Crippen molar-refractivity contribution in [3.8, 4) is 10.8 Å². The van der Waals surface area contributed by atoms with Crippen LogP contribution in [-0.4, -0.2) is 15.9 Å². The minimum Gasteiger partial charge on any atom is -0.443 e. The van der Waals surface area contributed by atoms with Crippen LogP contribution in [0.15, 0.2) is 46.4 Å². The number of thiophene rings is 1. The van der Waals surface area contributed by atoms with Crippen molar-refractivity contribution < 1.29 is 9.21 Å². The fraction of sp³-hybridized carbons (Fsp3) is 0.133. The molecule has 3 heterocycles. The van der Waals surface area contributed by atoms with Crippen molar-refractivity contribution in [2.45, 2.75) is 13.5 Å². The van der Waals surface area contributed by atoms with Crippen LogP contribution in [0.2, 0.25) is 0 Å². The molecule has 106 valence electrons. The van der Waals surface area contributed by atoms with E-state index in [2.05, 4.69) is 15.3 Å². The van der Waals surface area contributed by atoms with Crippen molar-refractivity contribution in [2.75, 3.05) is 0 Å². The van der Waals surface area contributed by atoms with E-state index in [4.69, 9.17) is 4.42 Å². The second kappa shape index (κ2) is 5.88. The summed E-state index contributed by atoms with van der Waals surface area (Å²) >= 11 is 1.56. The van der Waals surface area contributed by atoms with Crippen molar-refractivity contribution in [2.24, 2.45) is 0 Å². The van der Waals surface area contributed by atoms with Crippen molar-refractivity contribution in [1.82, 2.24) is 15.3 Å². The molecule has 0 atom stereocenters. The van der Waals surface area contributed by atoms with E-state index >= 15 is 0 Å². The van der Waals surface area contributed by atoms with Gasteiger partial charge >= 0.3 is 0 Å². The zero-order valence-corrected chi connectivity index (χ0v) is 12.2. The van der Waals surface area contributed by atoms with Gasteiger partial charge in [-0.05, 0) is 30.5 Å². The topological polar surface area (TPSA) is 68.0 Å². The smallest absolute Gasteiger partial charge is 0.270 e. The van der Waals surface area contributed by atoms with Crippen LogP contribution in [0, 0.1) is 6.92 Å². The third kappa shape index (κ3) is 3.17. The number of carbonyl (C=O) groups is 1. The van der Waals surface area contributed by atoms with Crippen LogP contribution in [0.3, 0.4) is 0 Å². The number of amides is 1. The zero-order valence-electron chi connectivity index (χ0n) is 11.4. The molecule has 0 radical (unpaired) electrons. The van der Waals surface area contributed by atoms with Crippen LogP contribution in [0.1, 0.15) is 21.9 Å². The molecule has 3 aromatic heterocycles. The second-order valence-electron chi connectivity index (χ2n) is 4.47. The molecule has 0 bridgehead atoms. The molecule has 3 aromatic rings. The van der Waals surface area contributed by atoms with E-state index in [0.717, 1.165) is 10.6 Å². The average molecular weight is 299 g/mol. The van der Waals surface area contributed by atoms with E-state index in [0.29, 0.717) is 23.8 Å². The summed E-state index contributed by atoms with van der Waals surface area (Å²) in [6.45, 7) is 2.16. The molecular weight excluding hydrogens is 286 g/mol. The first-order valence-electron chi connectivity index (χ1n) is 6.42. The molecule has 5 nitrogen and oxygen atoms in total. The number of hydrogen-bond acceptors (Lipinski definition) is 5. The summed E-state index contributed by atoms with van der Waals surface area (Å²) in [5.74, 6) is 0.349. The van der Waals surface area contributed by atoms with Gasteiger partial charge in [-0.15, -0.1) is 11.3 Å². The van der Waals surface area contributed by atoms with Gasteiger partial charge in [-0.3, -0.25) is 4.79 Å². The molecule has 0 aliphatic heterocycles. The first-order valence-corrected chi connectivity index (χ1v) is 7.30. The van der Waals surface area contributed by atoms with Crippen LogP contribution in [0.5, 0.6) is 0 Å². The van der Waals surface area contributed by atoms with Gasteiger partial charge in [0.15, 0.2) is 0 Å². The Bertz CT molecular complexity index is 750. The third-order valence-corrected chi connectivity index (χ3v) is 3.69. The minimum atomic E-state index is -0.223. The number of pyridine rings is 1. The van der Waals surface area contributed by atoms with Gasteiger partial charge in [0.05, 0.1) is 17.1 Å². The number of nitrogens with zero attached hydrogens (tertiary/aromatic N) is 2. The molecule has 0 saturated carbocycles. The lowest BCUT2D eigenvalue weighted by Gasteiger charge is -2.02. The van der Waals surface area contributed by atoms with E-state index in [1.54, 1.807) is 23.7 Å². The molecular formula is C15H13N3O2S. The Balaban J connectivity index is 1.64. The van der Waals surface area contributed by atoms with E-state index < -0.39 is 0 Å². The minimum absolute atomic E-state index is 0.223. The molecule has 0 aliphatic rings. The molecule has 0 aliphatic carbocycles. The highest BCUT2D eigenvalue weighted by molar-refractivity contribution is 7.13. The summed E-state index contributed by atoms with van der Waals surface area (Å²) < 4.78 is 5.40. The summed E-state index contributed by atoms with van der Waals surface area (Å²) in [6, 6.07) is 9.22. The summed E-state index contributed by atoms with van der Waals surface area (Å²) in [5.41, 5.74) is 1.89. The molecule has 3 rings (SSSR count). The van der Waals surface area contributed by atoms with Crippen molar-refractivity contribution in [3.05, 3.63) is 59.1 Å². The van der Waals surface area contributed by atoms with Crippen LogP contribution in [0.4, 0.5) is 0 Å². The monoisotopic (exact) mass is 299 g/mol. The highest BCUT2D eigenvalue weighted by Crippen LogP contribution is 2.23. The number of oxazole rings is 1. The van der Waals surface area contributed by atoms with Gasteiger partial charge in [0.25, 0.3) is 5.91 Å². The normalized spacial score (nSPS) is 10.5. The summed E-state index contributed by atoms with van der Waals surface area (Å²) in [5, 5.41) is 4.74. The molecule has 0 fully saturated rings. The molecule has 0 saturated heterocycles. The Morgan fingerprint density at radius 2 is 2.19 bits per heavy atom. The van der Waals surface area contributed by atoms with Crippen LogP contribution < -0.4 is 5.32 Å². The van der Waals surface area contributed by atoms with E-state index in [9.17, 15) is 4.79 Å². The number of aryl methyl sites for hydroxylation is 1. The predicted octanol–water partition coefficient (Wildman–Crippen LogP) is 3.04. The number of carbonyl (C=O) groups excluding carboxylic acids is 1. The highest BCUT2D eigenvalue weighted by atomic mass is 32.1. The van der Waals surface area contributed by atoms with Gasteiger partial charge in [0.2, 0.25) is 5.89 Å². The number of aromatic nitrogens is 2.